The predicted octanol–water partition coefficient (Wildman–Crippen LogP) is 4.83. The van der Waals surface area contributed by atoms with Crippen molar-refractivity contribution in [2.75, 3.05) is 10.8 Å². The van der Waals surface area contributed by atoms with Gasteiger partial charge in [-0.2, -0.15) is 0 Å². The number of hydrogen-bond acceptors (Lipinski definition) is 4. The van der Waals surface area contributed by atoms with Crippen LogP contribution in [0.4, 0.5) is 5.69 Å². The summed E-state index contributed by atoms with van der Waals surface area (Å²) >= 11 is 0. The normalized spacial score (nSPS) is 12.2. The van der Waals surface area contributed by atoms with Crippen LogP contribution in [0.2, 0.25) is 0 Å². The summed E-state index contributed by atoms with van der Waals surface area (Å²) in [7, 11) is -4.07. The summed E-state index contributed by atoms with van der Waals surface area (Å²) in [5.41, 5.74) is 3.19. The fourth-order valence-electron chi connectivity index (χ4n) is 4.27. The Morgan fingerprint density at radius 2 is 1.53 bits per heavy atom. The first-order valence-electron chi connectivity index (χ1n) is 12.8. The van der Waals surface area contributed by atoms with E-state index in [0.29, 0.717) is 12.1 Å². The molecule has 0 bridgehead atoms. The van der Waals surface area contributed by atoms with Gasteiger partial charge in [-0.15, -0.1) is 0 Å². The Balaban J connectivity index is 2.04. The zero-order valence-corrected chi connectivity index (χ0v) is 23.5. The van der Waals surface area contributed by atoms with Gasteiger partial charge >= 0.3 is 0 Å². The Morgan fingerprint density at radius 1 is 0.868 bits per heavy atom. The van der Waals surface area contributed by atoms with E-state index in [-0.39, 0.29) is 23.4 Å². The molecule has 0 aliphatic rings. The molecule has 0 heterocycles. The van der Waals surface area contributed by atoms with E-state index in [9.17, 15) is 18.0 Å². The van der Waals surface area contributed by atoms with Gasteiger partial charge in [-0.1, -0.05) is 72.6 Å². The lowest BCUT2D eigenvalue weighted by Gasteiger charge is -2.33. The molecule has 0 fully saturated rings. The number of anilines is 1. The van der Waals surface area contributed by atoms with Crippen LogP contribution in [0.25, 0.3) is 0 Å². The van der Waals surface area contributed by atoms with E-state index in [1.54, 1.807) is 54.6 Å². The summed E-state index contributed by atoms with van der Waals surface area (Å²) in [5, 5.41) is 2.91. The molecule has 202 valence electrons. The van der Waals surface area contributed by atoms with Crippen molar-refractivity contribution in [2.45, 2.75) is 64.6 Å². The molecule has 1 N–H and O–H groups in total. The van der Waals surface area contributed by atoms with E-state index in [1.807, 2.05) is 58.9 Å². The van der Waals surface area contributed by atoms with E-state index >= 15 is 0 Å². The van der Waals surface area contributed by atoms with E-state index < -0.39 is 28.5 Å². The van der Waals surface area contributed by atoms with Gasteiger partial charge in [0.25, 0.3) is 10.0 Å². The molecule has 3 aromatic rings. The molecule has 0 aliphatic heterocycles. The molecule has 0 saturated heterocycles. The highest BCUT2D eigenvalue weighted by atomic mass is 32.2. The van der Waals surface area contributed by atoms with Crippen LogP contribution in [-0.2, 0) is 26.2 Å². The first-order valence-corrected chi connectivity index (χ1v) is 14.3. The summed E-state index contributed by atoms with van der Waals surface area (Å²) in [6.45, 7) is 9.15. The molecular weight excluding hydrogens is 498 g/mol. The van der Waals surface area contributed by atoms with Crippen LogP contribution >= 0.6 is 0 Å². The van der Waals surface area contributed by atoms with Crippen LogP contribution in [-0.4, -0.2) is 43.8 Å². The van der Waals surface area contributed by atoms with Crippen molar-refractivity contribution in [3.8, 4) is 0 Å². The molecule has 3 aromatic carbocycles. The molecule has 0 aliphatic carbocycles. The Morgan fingerprint density at radius 3 is 2.11 bits per heavy atom. The number of para-hydroxylation sites is 1. The van der Waals surface area contributed by atoms with E-state index in [2.05, 4.69) is 5.32 Å². The molecule has 3 rings (SSSR count). The number of sulfonamides is 1. The van der Waals surface area contributed by atoms with Crippen LogP contribution < -0.4 is 9.62 Å². The monoisotopic (exact) mass is 535 g/mol. The zero-order valence-electron chi connectivity index (χ0n) is 22.7. The van der Waals surface area contributed by atoms with Crippen LogP contribution in [0.5, 0.6) is 0 Å². The maximum atomic E-state index is 14.0. The van der Waals surface area contributed by atoms with Crippen molar-refractivity contribution in [2.24, 2.45) is 0 Å². The van der Waals surface area contributed by atoms with Gasteiger partial charge in [-0.25, -0.2) is 8.42 Å². The van der Waals surface area contributed by atoms with Crippen molar-refractivity contribution in [1.29, 1.82) is 0 Å². The number of aryl methyl sites for hydroxylation is 2. The molecule has 0 spiro atoms. The van der Waals surface area contributed by atoms with Gasteiger partial charge in [0, 0.05) is 12.6 Å². The lowest BCUT2D eigenvalue weighted by molar-refractivity contribution is -0.140. The topological polar surface area (TPSA) is 86.8 Å². The van der Waals surface area contributed by atoms with Crippen LogP contribution in [0.1, 0.15) is 43.9 Å². The molecule has 0 saturated carbocycles. The van der Waals surface area contributed by atoms with Gasteiger partial charge in [0.2, 0.25) is 11.8 Å². The third-order valence-corrected chi connectivity index (χ3v) is 7.97. The highest BCUT2D eigenvalue weighted by molar-refractivity contribution is 7.92. The van der Waals surface area contributed by atoms with Crippen molar-refractivity contribution < 1.29 is 18.0 Å². The largest absolute Gasteiger partial charge is 0.352 e. The predicted molar refractivity (Wildman–Crippen MR) is 151 cm³/mol. The zero-order chi connectivity index (χ0) is 27.9. The average Bonchev–Trinajstić information content (AvgIpc) is 2.87. The Labute approximate surface area is 226 Å². The Bertz CT molecular complexity index is 1340. The third kappa shape index (κ3) is 7.22. The molecule has 0 unspecified atom stereocenters. The van der Waals surface area contributed by atoms with E-state index in [4.69, 9.17) is 0 Å². The van der Waals surface area contributed by atoms with Gasteiger partial charge < -0.3 is 10.2 Å². The second-order valence-corrected chi connectivity index (χ2v) is 11.6. The lowest BCUT2D eigenvalue weighted by Crippen LogP contribution is -2.53. The van der Waals surface area contributed by atoms with Crippen molar-refractivity contribution in [1.82, 2.24) is 10.2 Å². The van der Waals surface area contributed by atoms with E-state index in [1.165, 1.54) is 4.90 Å². The minimum Gasteiger partial charge on any atom is -0.352 e. The quantitative estimate of drug-likeness (QED) is 0.381. The van der Waals surface area contributed by atoms with Crippen molar-refractivity contribution in [3.05, 3.63) is 95.6 Å². The summed E-state index contributed by atoms with van der Waals surface area (Å²) in [6, 6.07) is 22.0. The van der Waals surface area contributed by atoms with E-state index in [0.717, 1.165) is 21.0 Å². The summed E-state index contributed by atoms with van der Waals surface area (Å²) in [5.74, 6) is -0.729. The smallest absolute Gasteiger partial charge is 0.264 e. The number of carbonyl (C=O) groups excluding carboxylic acids is 2. The highest BCUT2D eigenvalue weighted by Gasteiger charge is 2.33. The van der Waals surface area contributed by atoms with Crippen LogP contribution in [0.15, 0.2) is 83.8 Å². The molecule has 0 radical (unpaired) electrons. The summed E-state index contributed by atoms with van der Waals surface area (Å²) in [6.07, 6.45) is 0.381. The van der Waals surface area contributed by atoms with Gasteiger partial charge in [0.05, 0.1) is 10.6 Å². The molecular formula is C30H37N3O4S. The van der Waals surface area contributed by atoms with Crippen LogP contribution in [0.3, 0.4) is 0 Å². The van der Waals surface area contributed by atoms with Gasteiger partial charge in [-0.3, -0.25) is 13.9 Å². The summed E-state index contributed by atoms with van der Waals surface area (Å²) in [4.78, 5) is 28.7. The number of rotatable bonds is 11. The lowest BCUT2D eigenvalue weighted by atomic mass is 10.1. The first-order chi connectivity index (χ1) is 18.0. The minimum absolute atomic E-state index is 0.0922. The Hall–Kier alpha value is -3.65. The second kappa shape index (κ2) is 12.7. The molecule has 1 atom stereocenters. The fourth-order valence-corrected chi connectivity index (χ4v) is 5.68. The molecule has 0 aromatic heterocycles. The second-order valence-electron chi connectivity index (χ2n) is 9.76. The van der Waals surface area contributed by atoms with Crippen LogP contribution in [0, 0.1) is 13.8 Å². The van der Waals surface area contributed by atoms with Gasteiger partial charge in [0.15, 0.2) is 0 Å². The first kappa shape index (κ1) is 28.9. The van der Waals surface area contributed by atoms with Crippen molar-refractivity contribution in [3.63, 3.8) is 0 Å². The number of nitrogens with one attached hydrogen (secondary N) is 1. The maximum absolute atomic E-state index is 14.0. The molecule has 2 amide bonds. The molecule has 38 heavy (non-hydrogen) atoms. The highest BCUT2D eigenvalue weighted by Crippen LogP contribution is 2.25. The SMILES string of the molecule is CC[C@H](C(=O)NC(C)C)N(Cc1cccc(C)c1)C(=O)CN(c1ccccc1)S(=O)(=O)c1ccc(C)cc1. The standard InChI is InChI=1S/C30H37N3O4S/c1-6-28(30(35)31-22(2)3)32(20-25-12-10-11-24(5)19-25)29(34)21-33(26-13-8-7-9-14-26)38(36,37)27-17-15-23(4)16-18-27/h7-19,22,28H,6,20-21H2,1-5H3,(H,31,35)/t28-/m1/s1. The third-order valence-electron chi connectivity index (χ3n) is 6.18. The molecule has 8 heteroatoms. The number of benzene rings is 3. The number of hydrogen-bond donors (Lipinski definition) is 1. The maximum Gasteiger partial charge on any atom is 0.264 e. The number of nitrogens with zero attached hydrogens (tertiary/aromatic N) is 2. The number of carbonyl (C=O) groups is 2. The average molecular weight is 536 g/mol. The minimum atomic E-state index is -4.07. The Kier molecular flexibility index (Phi) is 9.69. The molecule has 7 nitrogen and oxygen atoms in total. The van der Waals surface area contributed by atoms with Gasteiger partial charge in [-0.05, 0) is 63.9 Å². The fraction of sp³-hybridized carbons (Fsp3) is 0.333. The summed E-state index contributed by atoms with van der Waals surface area (Å²) < 4.78 is 28.7. The van der Waals surface area contributed by atoms with Crippen molar-refractivity contribution >= 4 is 27.5 Å². The van der Waals surface area contributed by atoms with Gasteiger partial charge in [0.1, 0.15) is 12.6 Å². The number of amides is 2.